The lowest BCUT2D eigenvalue weighted by atomic mass is 9.85. The molecule has 4 heterocycles. The molecule has 2 aromatic carbocycles. The zero-order chi connectivity index (χ0) is 45.3. The molecule has 340 valence electrons. The smallest absolute Gasteiger partial charge is 0.257 e. The largest absolute Gasteiger partial charge is 0.480 e. The van der Waals surface area contributed by atoms with Crippen LogP contribution in [0, 0.1) is 24.0 Å². The number of nitrogens with one attached hydrogen (secondary N) is 3. The fourth-order valence-corrected chi connectivity index (χ4v) is 9.28. The number of aryl methyl sites for hydroxylation is 1. The molecule has 63 heavy (non-hydrogen) atoms. The molecule has 2 aliphatic rings. The summed E-state index contributed by atoms with van der Waals surface area (Å²) < 4.78 is 40.1. The molecule has 2 saturated heterocycles. The Hall–Kier alpha value is -5.04. The predicted molar refractivity (Wildman–Crippen MR) is 238 cm³/mol. The third-order valence-electron chi connectivity index (χ3n) is 11.2. The molecule has 2 aliphatic heterocycles. The van der Waals surface area contributed by atoms with Crippen molar-refractivity contribution in [3.8, 4) is 27.4 Å². The first-order valence-corrected chi connectivity index (χ1v) is 23.1. The third-order valence-corrected chi connectivity index (χ3v) is 13.0. The topological polar surface area (TPSA) is 175 Å². The van der Waals surface area contributed by atoms with Crippen molar-refractivity contribution in [1.82, 2.24) is 30.8 Å². The van der Waals surface area contributed by atoms with E-state index in [0.717, 1.165) is 32.9 Å². The number of hydrogen-bond acceptors (Lipinski definition) is 12. The van der Waals surface area contributed by atoms with Crippen LogP contribution in [0.1, 0.15) is 83.5 Å². The predicted octanol–water partition coefficient (Wildman–Crippen LogP) is 6.17. The minimum absolute atomic E-state index is 0.0227. The van der Waals surface area contributed by atoms with Crippen molar-refractivity contribution in [2.75, 3.05) is 50.9 Å². The number of nitrogens with zero attached hydrogens (tertiary/aromatic N) is 4. The van der Waals surface area contributed by atoms with Crippen LogP contribution in [0.5, 0.6) is 5.75 Å². The van der Waals surface area contributed by atoms with Gasteiger partial charge >= 0.3 is 0 Å². The van der Waals surface area contributed by atoms with E-state index in [-0.39, 0.29) is 48.6 Å². The van der Waals surface area contributed by atoms with Crippen molar-refractivity contribution in [1.29, 1.82) is 0 Å². The molecule has 14 nitrogen and oxygen atoms in total. The number of anilines is 1. The fraction of sp³-hybridized carbons (Fsp3) is 0.511. The molecular weight excluding hydrogens is 853 g/mol. The summed E-state index contributed by atoms with van der Waals surface area (Å²) in [4.78, 5) is 66.9. The van der Waals surface area contributed by atoms with Crippen LogP contribution in [0.3, 0.4) is 0 Å². The average molecular weight is 910 g/mol. The van der Waals surface area contributed by atoms with Crippen molar-refractivity contribution < 1.29 is 42.5 Å². The Morgan fingerprint density at radius 2 is 1.71 bits per heavy atom. The van der Waals surface area contributed by atoms with Gasteiger partial charge in [0.2, 0.25) is 23.5 Å². The van der Waals surface area contributed by atoms with Gasteiger partial charge in [-0.25, -0.2) is 14.4 Å². The number of ether oxygens (including phenoxy) is 2. The van der Waals surface area contributed by atoms with E-state index < -0.39 is 53.7 Å². The highest BCUT2D eigenvalue weighted by Crippen LogP contribution is 2.37. The molecule has 4 N–H and O–H groups in total. The fourth-order valence-electron chi connectivity index (χ4n) is 7.59. The lowest BCUT2D eigenvalue weighted by Gasteiger charge is -2.35. The number of morpholine rings is 1. The van der Waals surface area contributed by atoms with E-state index in [4.69, 9.17) is 9.47 Å². The van der Waals surface area contributed by atoms with E-state index in [1.165, 1.54) is 22.3 Å². The van der Waals surface area contributed by atoms with E-state index >= 15 is 0 Å². The van der Waals surface area contributed by atoms with Crippen molar-refractivity contribution in [3.63, 3.8) is 0 Å². The lowest BCUT2D eigenvalue weighted by molar-refractivity contribution is -0.144. The molecule has 2 fully saturated rings. The van der Waals surface area contributed by atoms with Crippen LogP contribution in [0.15, 0.2) is 47.3 Å². The molecule has 0 bridgehead atoms. The van der Waals surface area contributed by atoms with E-state index in [9.17, 15) is 33.1 Å². The normalized spacial score (nSPS) is 17.6. The molecule has 0 saturated carbocycles. The third kappa shape index (κ3) is 12.4. The molecule has 6 rings (SSSR count). The number of rotatable bonds is 18. The number of aromatic nitrogens is 2. The maximum Gasteiger partial charge on any atom is 0.257 e. The number of likely N-dealkylation sites (tertiary alicyclic amines) is 1. The van der Waals surface area contributed by atoms with E-state index in [1.807, 2.05) is 58.9 Å². The number of amides is 4. The highest BCUT2D eigenvalue weighted by Gasteiger charge is 2.44. The molecule has 0 radical (unpaired) electrons. The lowest BCUT2D eigenvalue weighted by Crippen LogP contribution is -2.57. The van der Waals surface area contributed by atoms with Gasteiger partial charge in [-0.15, -0.1) is 22.7 Å². The Labute approximate surface area is 374 Å². The number of aliphatic hydroxyl groups excluding tert-OH is 1. The summed E-state index contributed by atoms with van der Waals surface area (Å²) in [6.45, 7) is 11.6. The SMILES string of the molecule is Cc1ncsc1-c1ccc([C@H](C)NC(=O)[C@@H]2C[C@@H](O)CN2C(=O)[C@@H](NC(=O)CCCCCCNC(=O)COc2c(-c3csc(N4CCOCC4)n3)ccc(F)c2F)C(C)(C)C)cc1. The van der Waals surface area contributed by atoms with Gasteiger partial charge in [-0.2, -0.15) is 4.39 Å². The van der Waals surface area contributed by atoms with Crippen molar-refractivity contribution in [2.45, 2.75) is 97.4 Å². The van der Waals surface area contributed by atoms with Gasteiger partial charge in [0.05, 0.1) is 47.1 Å². The number of unbranched alkanes of at least 4 members (excludes halogenated alkanes) is 3. The van der Waals surface area contributed by atoms with Crippen LogP contribution in [0.4, 0.5) is 13.9 Å². The van der Waals surface area contributed by atoms with E-state index in [1.54, 1.807) is 22.2 Å². The number of benzene rings is 2. The van der Waals surface area contributed by atoms with Gasteiger partial charge in [-0.3, -0.25) is 19.2 Å². The minimum Gasteiger partial charge on any atom is -0.480 e. The summed E-state index contributed by atoms with van der Waals surface area (Å²) in [5.74, 6) is -4.29. The second kappa shape index (κ2) is 21.6. The number of hydrogen-bond donors (Lipinski definition) is 4. The van der Waals surface area contributed by atoms with Gasteiger partial charge in [0.1, 0.15) is 12.1 Å². The maximum absolute atomic E-state index is 14.9. The van der Waals surface area contributed by atoms with Crippen LogP contribution in [0.2, 0.25) is 0 Å². The van der Waals surface area contributed by atoms with Gasteiger partial charge < -0.3 is 40.3 Å². The van der Waals surface area contributed by atoms with Crippen LogP contribution < -0.4 is 25.6 Å². The number of β-amino-alcohol motifs (C(OH)–C–C–N with tert-alkyl or cyclic N) is 1. The molecule has 4 aromatic rings. The van der Waals surface area contributed by atoms with Crippen LogP contribution in [-0.2, 0) is 23.9 Å². The van der Waals surface area contributed by atoms with E-state index in [2.05, 4.69) is 30.8 Å². The van der Waals surface area contributed by atoms with Crippen molar-refractivity contribution in [2.24, 2.45) is 5.41 Å². The highest BCUT2D eigenvalue weighted by atomic mass is 32.1. The molecule has 0 aliphatic carbocycles. The molecule has 0 spiro atoms. The number of carbonyl (C=O) groups excluding carboxylic acids is 4. The number of thiazole rings is 2. The zero-order valence-corrected chi connectivity index (χ0v) is 38.0. The van der Waals surface area contributed by atoms with Gasteiger partial charge in [-0.05, 0) is 55.4 Å². The molecular formula is C45H57F2N7O7S2. The molecule has 4 amide bonds. The van der Waals surface area contributed by atoms with Gasteiger partial charge in [0.25, 0.3) is 5.91 Å². The van der Waals surface area contributed by atoms with Gasteiger partial charge in [-0.1, -0.05) is 57.9 Å². The summed E-state index contributed by atoms with van der Waals surface area (Å²) >= 11 is 2.94. The Morgan fingerprint density at radius 3 is 2.41 bits per heavy atom. The second-order valence-electron chi connectivity index (χ2n) is 17.0. The minimum atomic E-state index is -1.20. The second-order valence-corrected chi connectivity index (χ2v) is 18.7. The molecule has 0 unspecified atom stereocenters. The van der Waals surface area contributed by atoms with Crippen LogP contribution in [0.25, 0.3) is 21.7 Å². The Bertz CT molecular complexity index is 2210. The Kier molecular flexibility index (Phi) is 16.2. The standard InChI is InChI=1S/C45H57F2N7O7S2/c1-27(29-11-13-30(14-12-29)40-28(2)49-26-63-40)50-42(58)35-22-31(55)23-54(35)43(59)41(45(3,4)5)52-36(56)10-8-6-7-9-17-48-37(57)24-61-39-32(15-16-33(46)38(39)47)34-25-62-44(51-34)53-18-20-60-21-19-53/h11-16,25-27,31,35,41,55H,6-10,17-24H2,1-5H3,(H,48,57)(H,50,58)(H,52,56)/t27-,31+,35-,41+/m0/s1. The van der Waals surface area contributed by atoms with Gasteiger partial charge in [0, 0.05) is 50.0 Å². The summed E-state index contributed by atoms with van der Waals surface area (Å²) in [5.41, 5.74) is 4.66. The van der Waals surface area contributed by atoms with Crippen LogP contribution in [-0.4, -0.2) is 108 Å². The molecule has 2 aromatic heterocycles. The zero-order valence-electron chi connectivity index (χ0n) is 36.4. The highest BCUT2D eigenvalue weighted by molar-refractivity contribution is 7.14. The number of carbonyl (C=O) groups is 4. The summed E-state index contributed by atoms with van der Waals surface area (Å²) in [6, 6.07) is 8.08. The Balaban J connectivity index is 0.919. The summed E-state index contributed by atoms with van der Waals surface area (Å²) in [6.07, 6.45) is 1.89. The van der Waals surface area contributed by atoms with Crippen LogP contribution >= 0.6 is 22.7 Å². The van der Waals surface area contributed by atoms with Gasteiger partial charge in [0.15, 0.2) is 23.3 Å². The maximum atomic E-state index is 14.9. The van der Waals surface area contributed by atoms with E-state index in [0.29, 0.717) is 64.2 Å². The first kappa shape index (κ1) is 47.4. The van der Waals surface area contributed by atoms with Crippen molar-refractivity contribution >= 4 is 51.4 Å². The molecule has 18 heteroatoms. The Morgan fingerprint density at radius 1 is 0.984 bits per heavy atom. The number of halogens is 2. The average Bonchev–Trinajstić information content (AvgIpc) is 4.03. The first-order valence-electron chi connectivity index (χ1n) is 21.4. The number of aliphatic hydroxyl groups is 1. The first-order chi connectivity index (χ1) is 30.1. The van der Waals surface area contributed by atoms with Crippen molar-refractivity contribution in [3.05, 3.63) is 70.2 Å². The monoisotopic (exact) mass is 909 g/mol. The quantitative estimate of drug-likeness (QED) is 0.0846. The summed E-state index contributed by atoms with van der Waals surface area (Å²) in [5, 5.41) is 21.7. The summed E-state index contributed by atoms with van der Waals surface area (Å²) in [7, 11) is 0. The molecule has 4 atom stereocenters.